The number of benzene rings is 1. The highest BCUT2D eigenvalue weighted by atomic mass is 16.6. The lowest BCUT2D eigenvalue weighted by atomic mass is 9.46. The van der Waals surface area contributed by atoms with Gasteiger partial charge in [0.2, 0.25) is 0 Å². The van der Waals surface area contributed by atoms with Gasteiger partial charge >= 0.3 is 5.97 Å². The summed E-state index contributed by atoms with van der Waals surface area (Å²) in [7, 11) is 0. The first kappa shape index (κ1) is 32.6. The van der Waals surface area contributed by atoms with Crippen molar-refractivity contribution in [3.05, 3.63) is 57.7 Å². The van der Waals surface area contributed by atoms with Crippen LogP contribution in [0.1, 0.15) is 109 Å². The molecule has 8 nitrogen and oxygen atoms in total. The molecule has 1 aromatic rings. The van der Waals surface area contributed by atoms with Gasteiger partial charge in [-0.3, -0.25) is 4.79 Å². The average molecular weight is 633 g/mol. The fraction of sp³-hybridized carbons (Fsp3) is 0.579. The van der Waals surface area contributed by atoms with Crippen LogP contribution in [-0.4, -0.2) is 55.6 Å². The Morgan fingerprint density at radius 2 is 1.70 bits per heavy atom. The molecule has 8 heteroatoms. The zero-order valence-electron chi connectivity index (χ0n) is 28.3. The number of aliphatic carboxylic acids is 1. The van der Waals surface area contributed by atoms with E-state index in [4.69, 9.17) is 14.2 Å². The summed E-state index contributed by atoms with van der Waals surface area (Å²) >= 11 is 0. The summed E-state index contributed by atoms with van der Waals surface area (Å²) < 4.78 is 20.9. The lowest BCUT2D eigenvalue weighted by molar-refractivity contribution is -0.253. The number of aliphatic hydroxyl groups excluding tert-OH is 1. The SMILES string of the molecule is CC(C)=CCC[C@]1(C)C=Cc2c(O)c3c(c(CC=C(C)C)c2O1)OC12C(CC4CC1C(C)(C)OC2(C/C=C(\C)C(=O)O)C4O)C3=O. The molecule has 1 aromatic carbocycles. The third kappa shape index (κ3) is 4.61. The number of rotatable bonds is 8. The van der Waals surface area contributed by atoms with E-state index in [1.54, 1.807) is 6.08 Å². The summed E-state index contributed by atoms with van der Waals surface area (Å²) in [6.07, 6.45) is 11.7. The second-order valence-electron chi connectivity index (χ2n) is 15.4. The van der Waals surface area contributed by atoms with Crippen LogP contribution in [0.25, 0.3) is 6.08 Å². The van der Waals surface area contributed by atoms with Crippen LogP contribution in [0, 0.1) is 17.8 Å². The van der Waals surface area contributed by atoms with Crippen molar-refractivity contribution in [1.82, 2.24) is 0 Å². The summed E-state index contributed by atoms with van der Waals surface area (Å²) in [5.74, 6) is -1.84. The molecule has 4 bridgehead atoms. The number of phenols is 1. The Morgan fingerprint density at radius 3 is 2.35 bits per heavy atom. The van der Waals surface area contributed by atoms with Crippen LogP contribution < -0.4 is 9.47 Å². The first-order chi connectivity index (χ1) is 21.5. The Hall–Kier alpha value is -3.36. The Kier molecular flexibility index (Phi) is 7.68. The van der Waals surface area contributed by atoms with Crippen molar-refractivity contribution in [2.75, 3.05) is 0 Å². The van der Waals surface area contributed by atoms with Crippen molar-refractivity contribution in [3.63, 3.8) is 0 Å². The quantitative estimate of drug-likeness (QED) is 0.205. The number of allylic oxidation sites excluding steroid dienone is 4. The van der Waals surface area contributed by atoms with E-state index in [1.807, 2.05) is 46.8 Å². The molecule has 4 fully saturated rings. The van der Waals surface area contributed by atoms with Gasteiger partial charge in [-0.25, -0.2) is 4.79 Å². The highest BCUT2D eigenvalue weighted by molar-refractivity contribution is 6.07. The third-order valence-electron chi connectivity index (χ3n) is 11.2. The Balaban J connectivity index is 1.57. The predicted octanol–water partition coefficient (Wildman–Crippen LogP) is 7.11. The van der Waals surface area contributed by atoms with Crippen molar-refractivity contribution in [1.29, 1.82) is 0 Å². The van der Waals surface area contributed by atoms with Crippen molar-refractivity contribution in [2.45, 2.75) is 122 Å². The number of aliphatic hydroxyl groups is 1. The van der Waals surface area contributed by atoms with Crippen molar-refractivity contribution < 1.29 is 39.1 Å². The predicted molar refractivity (Wildman–Crippen MR) is 175 cm³/mol. The van der Waals surface area contributed by atoms with Crippen molar-refractivity contribution in [2.24, 2.45) is 17.8 Å². The van der Waals surface area contributed by atoms with Crippen LogP contribution in [0.3, 0.4) is 0 Å². The summed E-state index contributed by atoms with van der Waals surface area (Å²) in [6.45, 7) is 15.6. The third-order valence-corrected chi connectivity index (χ3v) is 11.2. The van der Waals surface area contributed by atoms with Crippen molar-refractivity contribution in [3.8, 4) is 17.2 Å². The largest absolute Gasteiger partial charge is 0.506 e. The lowest BCUT2D eigenvalue weighted by Crippen LogP contribution is -2.77. The van der Waals surface area contributed by atoms with Gasteiger partial charge in [0.15, 0.2) is 11.4 Å². The average Bonchev–Trinajstić information content (AvgIpc) is 3.12. The fourth-order valence-electron chi connectivity index (χ4n) is 9.00. The van der Waals surface area contributed by atoms with Crippen molar-refractivity contribution >= 4 is 17.8 Å². The highest BCUT2D eigenvalue weighted by Gasteiger charge is 2.83. The molecule has 3 N–H and O–H groups in total. The first-order valence-electron chi connectivity index (χ1n) is 16.6. The number of hydrogen-bond donors (Lipinski definition) is 3. The number of carboxylic acids is 1. The van der Waals surface area contributed by atoms with Gasteiger partial charge < -0.3 is 29.5 Å². The van der Waals surface area contributed by atoms with Gasteiger partial charge in [-0.05, 0) is 106 Å². The monoisotopic (exact) mass is 632 g/mol. The number of ether oxygens (including phenoxy) is 3. The normalized spacial score (nSPS) is 34.5. The van der Waals surface area contributed by atoms with E-state index in [9.17, 15) is 24.9 Å². The van der Waals surface area contributed by atoms with E-state index in [0.29, 0.717) is 36.1 Å². The summed E-state index contributed by atoms with van der Waals surface area (Å²) in [4.78, 5) is 26.6. The number of hydrogen-bond acceptors (Lipinski definition) is 7. The maximum Gasteiger partial charge on any atom is 0.330 e. The van der Waals surface area contributed by atoms with Gasteiger partial charge in [0.25, 0.3) is 0 Å². The lowest BCUT2D eigenvalue weighted by Gasteiger charge is -2.63. The second-order valence-corrected chi connectivity index (χ2v) is 15.4. The van der Waals surface area contributed by atoms with E-state index in [1.165, 1.54) is 12.5 Å². The minimum atomic E-state index is -1.37. The molecule has 0 amide bonds. The number of carboxylic acid groups (broad SMARTS) is 1. The van der Waals surface area contributed by atoms with Crippen LogP contribution >= 0.6 is 0 Å². The molecule has 7 rings (SSSR count). The van der Waals surface area contributed by atoms with E-state index < -0.39 is 40.4 Å². The number of carbonyl (C=O) groups excluding carboxylic acids is 1. The number of carbonyl (C=O) groups is 2. The van der Waals surface area contributed by atoms with Crippen LogP contribution in [0.15, 0.2) is 41.0 Å². The van der Waals surface area contributed by atoms with Gasteiger partial charge in [0.1, 0.15) is 34.0 Å². The number of phenolic OH excluding ortho intramolecular Hbond substituents is 1. The molecule has 6 aliphatic rings. The minimum Gasteiger partial charge on any atom is -0.506 e. The summed E-state index contributed by atoms with van der Waals surface area (Å²) in [5, 5.41) is 33.5. The molecule has 3 saturated carbocycles. The number of aromatic hydroxyl groups is 1. The molecule has 1 saturated heterocycles. The summed E-state index contributed by atoms with van der Waals surface area (Å²) in [6, 6.07) is 0. The molecule has 1 spiro atoms. The highest BCUT2D eigenvalue weighted by Crippen LogP contribution is 2.71. The van der Waals surface area contributed by atoms with E-state index in [2.05, 4.69) is 26.0 Å². The molecule has 3 heterocycles. The Morgan fingerprint density at radius 1 is 1.00 bits per heavy atom. The standard InChI is InChI=1S/C38H48O8/c1-20(2)10-9-15-36(8)16-14-24-29(39)28-30(40)26-18-23-19-27-35(6,7)46-37(33(23)41,17-13-22(5)34(42)43)38(26,27)45-32(28)25(31(24)44-36)12-11-21(3)4/h10-11,13-14,16,23,26-27,33,39,41H,9,12,15,17-19H2,1-8H3,(H,42,43)/b22-13+/t23?,26?,27?,33?,36-,37?,38?/m1/s1. The molecular formula is C38H48O8. The van der Waals surface area contributed by atoms with Gasteiger partial charge in [-0.15, -0.1) is 0 Å². The molecule has 46 heavy (non-hydrogen) atoms. The molecule has 248 valence electrons. The number of ketones is 1. The fourth-order valence-corrected chi connectivity index (χ4v) is 9.00. The maximum absolute atomic E-state index is 14.8. The maximum atomic E-state index is 14.8. The second kappa shape index (κ2) is 10.8. The number of fused-ring (bicyclic) bond motifs is 2. The van der Waals surface area contributed by atoms with Gasteiger partial charge in [-0.1, -0.05) is 29.4 Å². The summed E-state index contributed by atoms with van der Waals surface area (Å²) in [5.41, 5.74) is -0.321. The van der Waals surface area contributed by atoms with Crippen LogP contribution in [0.2, 0.25) is 0 Å². The molecule has 0 radical (unpaired) electrons. The molecule has 3 aliphatic heterocycles. The molecule has 6 unspecified atom stereocenters. The smallest absolute Gasteiger partial charge is 0.330 e. The molecule has 7 atom stereocenters. The zero-order chi connectivity index (χ0) is 33.6. The van der Waals surface area contributed by atoms with E-state index in [-0.39, 0.29) is 46.7 Å². The minimum absolute atomic E-state index is 0.0732. The zero-order valence-corrected chi connectivity index (χ0v) is 28.3. The Bertz CT molecular complexity index is 1620. The van der Waals surface area contributed by atoms with Gasteiger partial charge in [-0.2, -0.15) is 0 Å². The number of Topliss-reactive ketones (excluding diaryl/α,β-unsaturated/α-hetero) is 1. The molecular weight excluding hydrogens is 584 g/mol. The first-order valence-corrected chi connectivity index (χ1v) is 16.6. The van der Waals surface area contributed by atoms with Gasteiger partial charge in [0, 0.05) is 23.5 Å². The molecule has 3 aliphatic carbocycles. The topological polar surface area (TPSA) is 123 Å². The van der Waals surface area contributed by atoms with E-state index >= 15 is 0 Å². The van der Waals surface area contributed by atoms with E-state index in [0.717, 1.165) is 18.4 Å². The van der Waals surface area contributed by atoms with Crippen LogP contribution in [-0.2, 0) is 16.0 Å². The van der Waals surface area contributed by atoms with Gasteiger partial charge in [0.05, 0.1) is 23.2 Å². The molecule has 0 aromatic heterocycles. The van der Waals surface area contributed by atoms with Crippen LogP contribution in [0.4, 0.5) is 0 Å². The van der Waals surface area contributed by atoms with Crippen LogP contribution in [0.5, 0.6) is 17.2 Å². The Labute approximate surface area is 271 Å².